The van der Waals surface area contributed by atoms with Crippen LogP contribution in [0.1, 0.15) is 11.1 Å². The van der Waals surface area contributed by atoms with E-state index in [-0.39, 0.29) is 5.91 Å². The van der Waals surface area contributed by atoms with Crippen LogP contribution in [0.2, 0.25) is 0 Å². The summed E-state index contributed by atoms with van der Waals surface area (Å²) < 4.78 is 0.859. The minimum Gasteiger partial charge on any atom is -0.399 e. The molecule has 2 rings (SSSR count). The third-order valence-electron chi connectivity index (χ3n) is 2.74. The van der Waals surface area contributed by atoms with Crippen molar-refractivity contribution in [3.05, 3.63) is 64.1 Å². The first-order valence-electron chi connectivity index (χ1n) is 6.15. The molecule has 0 aliphatic carbocycles. The van der Waals surface area contributed by atoms with E-state index in [0.717, 1.165) is 21.3 Å². The molecule has 0 unspecified atom stereocenters. The van der Waals surface area contributed by atoms with Gasteiger partial charge in [0.15, 0.2) is 0 Å². The minimum atomic E-state index is -0.173. The number of anilines is 2. The molecule has 1 amide bonds. The Kier molecular flexibility index (Phi) is 4.58. The molecule has 0 heterocycles. The van der Waals surface area contributed by atoms with Crippen molar-refractivity contribution in [2.24, 2.45) is 0 Å². The van der Waals surface area contributed by atoms with Gasteiger partial charge in [-0.05, 0) is 64.3 Å². The van der Waals surface area contributed by atoms with Crippen molar-refractivity contribution in [3.63, 3.8) is 0 Å². The van der Waals surface area contributed by atoms with Gasteiger partial charge in [0.25, 0.3) is 0 Å². The van der Waals surface area contributed by atoms with Crippen molar-refractivity contribution in [1.82, 2.24) is 0 Å². The molecule has 2 aromatic rings. The van der Waals surface area contributed by atoms with Crippen LogP contribution in [0.3, 0.4) is 0 Å². The number of amides is 1. The maximum absolute atomic E-state index is 11.9. The molecule has 3 N–H and O–H groups in total. The normalized spacial score (nSPS) is 10.7. The molecule has 0 atom stereocenters. The lowest BCUT2D eigenvalue weighted by Gasteiger charge is -2.06. The standard InChI is InChI=1S/C16H15BrN2O/c1-11-2-8-14(17)15(10-11)19-16(20)9-5-12-3-6-13(18)7-4-12/h2-10H,18H2,1H3,(H,19,20)/b9-5+. The van der Waals surface area contributed by atoms with Crippen LogP contribution < -0.4 is 11.1 Å². The third kappa shape index (κ3) is 3.96. The topological polar surface area (TPSA) is 55.1 Å². The lowest BCUT2D eigenvalue weighted by molar-refractivity contribution is -0.111. The van der Waals surface area contributed by atoms with Gasteiger partial charge in [-0.15, -0.1) is 0 Å². The second kappa shape index (κ2) is 6.39. The van der Waals surface area contributed by atoms with Gasteiger partial charge < -0.3 is 11.1 Å². The Morgan fingerprint density at radius 2 is 1.90 bits per heavy atom. The predicted molar refractivity (Wildman–Crippen MR) is 87.4 cm³/mol. The number of halogens is 1. The number of nitrogens with two attached hydrogens (primary N) is 1. The maximum atomic E-state index is 11.9. The van der Waals surface area contributed by atoms with Crippen LogP contribution in [0.15, 0.2) is 53.0 Å². The summed E-state index contributed by atoms with van der Waals surface area (Å²) >= 11 is 3.41. The first kappa shape index (κ1) is 14.3. The number of aryl methyl sites for hydroxylation is 1. The van der Waals surface area contributed by atoms with E-state index in [2.05, 4.69) is 21.2 Å². The highest BCUT2D eigenvalue weighted by molar-refractivity contribution is 9.10. The van der Waals surface area contributed by atoms with Crippen molar-refractivity contribution in [3.8, 4) is 0 Å². The van der Waals surface area contributed by atoms with Crippen molar-refractivity contribution < 1.29 is 4.79 Å². The molecular weight excluding hydrogens is 316 g/mol. The molecule has 0 spiro atoms. The van der Waals surface area contributed by atoms with Gasteiger partial charge in [0.2, 0.25) is 5.91 Å². The molecular formula is C16H15BrN2O. The van der Waals surface area contributed by atoms with Crippen LogP contribution >= 0.6 is 15.9 Å². The Morgan fingerprint density at radius 1 is 1.20 bits per heavy atom. The summed E-state index contributed by atoms with van der Waals surface area (Å²) in [5.41, 5.74) is 9.09. The summed E-state index contributed by atoms with van der Waals surface area (Å²) in [7, 11) is 0. The fourth-order valence-electron chi connectivity index (χ4n) is 1.69. The number of nitrogens with one attached hydrogen (secondary N) is 1. The van der Waals surface area contributed by atoms with E-state index in [4.69, 9.17) is 5.73 Å². The Bertz CT molecular complexity index is 648. The highest BCUT2D eigenvalue weighted by atomic mass is 79.9. The molecule has 20 heavy (non-hydrogen) atoms. The molecule has 0 saturated heterocycles. The summed E-state index contributed by atoms with van der Waals surface area (Å²) in [5, 5.41) is 2.84. The number of hydrogen-bond donors (Lipinski definition) is 2. The fourth-order valence-corrected chi connectivity index (χ4v) is 2.03. The number of hydrogen-bond acceptors (Lipinski definition) is 2. The van der Waals surface area contributed by atoms with Crippen molar-refractivity contribution in [2.75, 3.05) is 11.1 Å². The summed E-state index contributed by atoms with van der Waals surface area (Å²) in [6, 6.07) is 13.1. The lowest BCUT2D eigenvalue weighted by Crippen LogP contribution is -2.08. The largest absolute Gasteiger partial charge is 0.399 e. The molecule has 3 nitrogen and oxygen atoms in total. The summed E-state index contributed by atoms with van der Waals surface area (Å²) in [6.07, 6.45) is 3.25. The zero-order valence-corrected chi connectivity index (χ0v) is 12.6. The smallest absolute Gasteiger partial charge is 0.248 e. The third-order valence-corrected chi connectivity index (χ3v) is 3.43. The van der Waals surface area contributed by atoms with Gasteiger partial charge in [-0.2, -0.15) is 0 Å². The fraction of sp³-hybridized carbons (Fsp3) is 0.0625. The van der Waals surface area contributed by atoms with Crippen LogP contribution in [-0.2, 0) is 4.79 Å². The molecule has 0 aromatic heterocycles. The van der Waals surface area contributed by atoms with E-state index in [1.165, 1.54) is 6.08 Å². The summed E-state index contributed by atoms with van der Waals surface area (Å²) in [6.45, 7) is 1.98. The first-order chi connectivity index (χ1) is 9.54. The van der Waals surface area contributed by atoms with Gasteiger partial charge in [0.1, 0.15) is 0 Å². The second-order valence-corrected chi connectivity index (χ2v) is 5.33. The van der Waals surface area contributed by atoms with Crippen LogP contribution in [0, 0.1) is 6.92 Å². The number of carbonyl (C=O) groups excluding carboxylic acids is 1. The van der Waals surface area contributed by atoms with Crippen LogP contribution in [0.25, 0.3) is 6.08 Å². The van der Waals surface area contributed by atoms with Gasteiger partial charge in [-0.1, -0.05) is 18.2 Å². The lowest BCUT2D eigenvalue weighted by atomic mass is 10.2. The van der Waals surface area contributed by atoms with Crippen molar-refractivity contribution in [1.29, 1.82) is 0 Å². The molecule has 102 valence electrons. The number of benzene rings is 2. The molecule has 0 fully saturated rings. The number of carbonyl (C=O) groups is 1. The Balaban J connectivity index is 2.05. The van der Waals surface area contributed by atoms with Crippen molar-refractivity contribution in [2.45, 2.75) is 6.92 Å². The molecule has 4 heteroatoms. The van der Waals surface area contributed by atoms with Crippen LogP contribution in [0.5, 0.6) is 0 Å². The zero-order valence-electron chi connectivity index (χ0n) is 11.1. The van der Waals surface area contributed by atoms with E-state index in [1.807, 2.05) is 37.3 Å². The van der Waals surface area contributed by atoms with Gasteiger partial charge in [0, 0.05) is 16.2 Å². The van der Waals surface area contributed by atoms with Gasteiger partial charge in [0.05, 0.1) is 5.69 Å². The minimum absolute atomic E-state index is 0.173. The zero-order chi connectivity index (χ0) is 14.5. The van der Waals surface area contributed by atoms with E-state index >= 15 is 0 Å². The number of rotatable bonds is 3. The second-order valence-electron chi connectivity index (χ2n) is 4.47. The highest BCUT2D eigenvalue weighted by Gasteiger charge is 2.02. The Morgan fingerprint density at radius 3 is 2.60 bits per heavy atom. The van der Waals surface area contributed by atoms with Crippen LogP contribution in [-0.4, -0.2) is 5.91 Å². The first-order valence-corrected chi connectivity index (χ1v) is 6.94. The van der Waals surface area contributed by atoms with E-state index in [0.29, 0.717) is 5.69 Å². The van der Waals surface area contributed by atoms with E-state index in [1.54, 1.807) is 18.2 Å². The quantitative estimate of drug-likeness (QED) is 0.660. The monoisotopic (exact) mass is 330 g/mol. The van der Waals surface area contributed by atoms with E-state index in [9.17, 15) is 4.79 Å². The maximum Gasteiger partial charge on any atom is 0.248 e. The van der Waals surface area contributed by atoms with Gasteiger partial charge >= 0.3 is 0 Å². The SMILES string of the molecule is Cc1ccc(Br)c(NC(=O)/C=C/c2ccc(N)cc2)c1. The average Bonchev–Trinajstić information content (AvgIpc) is 2.42. The summed E-state index contributed by atoms with van der Waals surface area (Å²) in [5.74, 6) is -0.173. The predicted octanol–water partition coefficient (Wildman–Crippen LogP) is 3.99. The number of nitrogen functional groups attached to an aromatic ring is 1. The molecule has 0 bridgehead atoms. The molecule has 0 radical (unpaired) electrons. The molecule has 0 aliphatic rings. The average molecular weight is 331 g/mol. The molecule has 0 saturated carbocycles. The Hall–Kier alpha value is -2.07. The summed E-state index contributed by atoms with van der Waals surface area (Å²) in [4.78, 5) is 11.9. The van der Waals surface area contributed by atoms with Crippen molar-refractivity contribution >= 4 is 39.3 Å². The highest BCUT2D eigenvalue weighted by Crippen LogP contribution is 2.23. The van der Waals surface area contributed by atoms with Gasteiger partial charge in [-0.25, -0.2) is 0 Å². The Labute approximate surface area is 126 Å². The van der Waals surface area contributed by atoms with Crippen LogP contribution in [0.4, 0.5) is 11.4 Å². The van der Waals surface area contributed by atoms with E-state index < -0.39 is 0 Å². The van der Waals surface area contributed by atoms with Gasteiger partial charge in [-0.3, -0.25) is 4.79 Å². The molecule has 0 aliphatic heterocycles. The molecule has 2 aromatic carbocycles.